The average Bonchev–Trinajstić information content (AvgIpc) is 2.71. The van der Waals surface area contributed by atoms with E-state index in [1.165, 1.54) is 25.3 Å². The minimum absolute atomic E-state index is 0.138. The second-order valence-electron chi connectivity index (χ2n) is 5.73. The van der Waals surface area contributed by atoms with E-state index in [4.69, 9.17) is 9.47 Å². The maximum absolute atomic E-state index is 13.3. The van der Waals surface area contributed by atoms with Crippen molar-refractivity contribution in [1.29, 1.82) is 0 Å². The maximum atomic E-state index is 13.3. The lowest BCUT2D eigenvalue weighted by molar-refractivity contribution is -0.385. The summed E-state index contributed by atoms with van der Waals surface area (Å²) in [5, 5.41) is 11.2. The van der Waals surface area contributed by atoms with Gasteiger partial charge in [0.25, 0.3) is 0 Å². The number of benzene rings is 3. The van der Waals surface area contributed by atoms with Crippen LogP contribution in [-0.2, 0) is 15.1 Å². The monoisotopic (exact) mass is 363 g/mol. The molecule has 0 unspecified atom stereocenters. The zero-order valence-electron chi connectivity index (χ0n) is 14.6. The molecule has 0 bridgehead atoms. The van der Waals surface area contributed by atoms with Crippen molar-refractivity contribution in [3.8, 4) is 5.75 Å². The molecule has 27 heavy (non-hydrogen) atoms. The van der Waals surface area contributed by atoms with Gasteiger partial charge in [-0.2, -0.15) is 0 Å². The number of nitro benzene ring substituents is 1. The van der Waals surface area contributed by atoms with Crippen LogP contribution < -0.4 is 4.74 Å². The number of nitro groups is 1. The zero-order chi connectivity index (χ0) is 19.3. The summed E-state index contributed by atoms with van der Waals surface area (Å²) in [5.41, 5.74) is -0.742. The minimum Gasteiger partial charge on any atom is -0.416 e. The van der Waals surface area contributed by atoms with Crippen LogP contribution in [0.2, 0.25) is 0 Å². The van der Waals surface area contributed by atoms with Crippen molar-refractivity contribution in [3.63, 3.8) is 0 Å². The second kappa shape index (κ2) is 7.80. The molecule has 0 amide bonds. The number of carbonyl (C=O) groups excluding carboxylic acids is 1. The van der Waals surface area contributed by atoms with E-state index < -0.39 is 16.5 Å². The molecule has 3 rings (SSSR count). The van der Waals surface area contributed by atoms with Gasteiger partial charge in [-0.3, -0.25) is 10.1 Å². The van der Waals surface area contributed by atoms with Crippen LogP contribution >= 0.6 is 0 Å². The molecule has 0 atom stereocenters. The molecule has 0 aliphatic carbocycles. The molecule has 3 aromatic rings. The molecule has 6 nitrogen and oxygen atoms in total. The van der Waals surface area contributed by atoms with E-state index in [-0.39, 0.29) is 11.4 Å². The van der Waals surface area contributed by atoms with Gasteiger partial charge in [0.2, 0.25) is 11.4 Å². The van der Waals surface area contributed by atoms with E-state index in [0.29, 0.717) is 11.1 Å². The van der Waals surface area contributed by atoms with Gasteiger partial charge in [-0.15, -0.1) is 0 Å². The van der Waals surface area contributed by atoms with Crippen LogP contribution in [0.5, 0.6) is 5.75 Å². The van der Waals surface area contributed by atoms with Crippen molar-refractivity contribution in [1.82, 2.24) is 0 Å². The number of hydrogen-bond donors (Lipinski definition) is 0. The summed E-state index contributed by atoms with van der Waals surface area (Å²) in [6.45, 7) is 0. The lowest BCUT2D eigenvalue weighted by atomic mass is 9.86. The highest BCUT2D eigenvalue weighted by Crippen LogP contribution is 2.36. The van der Waals surface area contributed by atoms with E-state index >= 15 is 0 Å². The Hall–Kier alpha value is -3.51. The van der Waals surface area contributed by atoms with Crippen molar-refractivity contribution < 1.29 is 19.2 Å². The first-order chi connectivity index (χ1) is 13.1. The molecule has 136 valence electrons. The van der Waals surface area contributed by atoms with Gasteiger partial charge in [-0.25, -0.2) is 4.79 Å². The van der Waals surface area contributed by atoms with Gasteiger partial charge >= 0.3 is 11.7 Å². The first-order valence-corrected chi connectivity index (χ1v) is 8.21. The summed E-state index contributed by atoms with van der Waals surface area (Å²) in [4.78, 5) is 23.9. The molecule has 0 radical (unpaired) electrons. The molecular weight excluding hydrogens is 346 g/mol. The zero-order valence-corrected chi connectivity index (χ0v) is 14.6. The molecule has 0 aliphatic rings. The van der Waals surface area contributed by atoms with Crippen LogP contribution in [0.4, 0.5) is 5.69 Å². The Labute approximate surface area is 156 Å². The molecular formula is C21H17NO5. The number of carbonyl (C=O) groups is 1. The van der Waals surface area contributed by atoms with Gasteiger partial charge in [0, 0.05) is 13.2 Å². The van der Waals surface area contributed by atoms with Gasteiger partial charge in [0.1, 0.15) is 0 Å². The Morgan fingerprint density at radius 2 is 1.33 bits per heavy atom. The van der Waals surface area contributed by atoms with E-state index in [1.54, 1.807) is 54.6 Å². The molecule has 0 spiro atoms. The number of ether oxygens (including phenoxy) is 2. The van der Waals surface area contributed by atoms with Gasteiger partial charge in [0.15, 0.2) is 0 Å². The number of esters is 1. The first kappa shape index (κ1) is 18.3. The Morgan fingerprint density at radius 1 is 0.852 bits per heavy atom. The lowest BCUT2D eigenvalue weighted by Crippen LogP contribution is -2.42. The number of hydrogen-bond acceptors (Lipinski definition) is 5. The highest BCUT2D eigenvalue weighted by atomic mass is 16.6. The van der Waals surface area contributed by atoms with E-state index in [1.807, 2.05) is 12.1 Å². The highest BCUT2D eigenvalue weighted by molar-refractivity contribution is 5.88. The smallest absolute Gasteiger partial charge is 0.353 e. The lowest BCUT2D eigenvalue weighted by Gasteiger charge is -2.31. The summed E-state index contributed by atoms with van der Waals surface area (Å²) < 4.78 is 11.2. The van der Waals surface area contributed by atoms with E-state index in [0.717, 1.165) is 0 Å². The quantitative estimate of drug-likeness (QED) is 0.285. The molecule has 0 aliphatic heterocycles. The molecule has 0 aromatic heterocycles. The van der Waals surface area contributed by atoms with Crippen LogP contribution in [0.3, 0.4) is 0 Å². The maximum Gasteiger partial charge on any atom is 0.353 e. The summed E-state index contributed by atoms with van der Waals surface area (Å²) in [6.07, 6.45) is 0. The molecule has 6 heteroatoms. The third-order valence-electron chi connectivity index (χ3n) is 4.22. The second-order valence-corrected chi connectivity index (χ2v) is 5.73. The fraction of sp³-hybridized carbons (Fsp3) is 0.0952. The largest absolute Gasteiger partial charge is 0.416 e. The average molecular weight is 363 g/mol. The predicted octanol–water partition coefficient (Wildman–Crippen LogP) is 4.09. The summed E-state index contributed by atoms with van der Waals surface area (Å²) >= 11 is 0. The van der Waals surface area contributed by atoms with Crippen LogP contribution in [0, 0.1) is 10.1 Å². The number of rotatable bonds is 6. The van der Waals surface area contributed by atoms with E-state index in [2.05, 4.69) is 0 Å². The first-order valence-electron chi connectivity index (χ1n) is 8.21. The highest BCUT2D eigenvalue weighted by Gasteiger charge is 2.45. The number of para-hydroxylation sites is 2. The van der Waals surface area contributed by atoms with Gasteiger partial charge in [-0.05, 0) is 17.2 Å². The normalized spacial score (nSPS) is 11.0. The van der Waals surface area contributed by atoms with Crippen LogP contribution in [0.1, 0.15) is 11.1 Å². The number of nitrogens with zero attached hydrogens (tertiary/aromatic N) is 1. The van der Waals surface area contributed by atoms with Crippen molar-refractivity contribution in [2.45, 2.75) is 5.60 Å². The van der Waals surface area contributed by atoms with E-state index in [9.17, 15) is 14.9 Å². The molecule has 0 saturated carbocycles. The Morgan fingerprint density at radius 3 is 1.81 bits per heavy atom. The molecule has 0 N–H and O–H groups in total. The molecule has 0 heterocycles. The molecule has 0 fully saturated rings. The Bertz CT molecular complexity index is 902. The summed E-state index contributed by atoms with van der Waals surface area (Å²) in [6, 6.07) is 23.5. The third-order valence-corrected chi connectivity index (χ3v) is 4.22. The van der Waals surface area contributed by atoms with Crippen molar-refractivity contribution in [2.75, 3.05) is 7.11 Å². The summed E-state index contributed by atoms with van der Waals surface area (Å²) in [5.74, 6) is -0.905. The van der Waals surface area contributed by atoms with Crippen LogP contribution in [-0.4, -0.2) is 18.0 Å². The summed E-state index contributed by atoms with van der Waals surface area (Å²) in [7, 11) is 1.40. The van der Waals surface area contributed by atoms with Crippen molar-refractivity contribution in [2.24, 2.45) is 0 Å². The third kappa shape index (κ3) is 3.43. The van der Waals surface area contributed by atoms with Crippen molar-refractivity contribution in [3.05, 3.63) is 106 Å². The predicted molar refractivity (Wildman–Crippen MR) is 99.4 cm³/mol. The van der Waals surface area contributed by atoms with Crippen LogP contribution in [0.25, 0.3) is 0 Å². The Balaban J connectivity index is 2.12. The Kier molecular flexibility index (Phi) is 5.28. The van der Waals surface area contributed by atoms with Gasteiger partial charge in [0.05, 0.1) is 4.92 Å². The topological polar surface area (TPSA) is 78.7 Å². The number of methoxy groups -OCH3 is 1. The van der Waals surface area contributed by atoms with Crippen molar-refractivity contribution >= 4 is 11.7 Å². The van der Waals surface area contributed by atoms with Crippen LogP contribution in [0.15, 0.2) is 84.9 Å². The fourth-order valence-electron chi connectivity index (χ4n) is 2.93. The molecule has 3 aromatic carbocycles. The van der Waals surface area contributed by atoms with Gasteiger partial charge in [-0.1, -0.05) is 72.8 Å². The van der Waals surface area contributed by atoms with Gasteiger partial charge < -0.3 is 9.47 Å². The molecule has 0 saturated heterocycles. The standard InChI is InChI=1S/C21H17NO5/c1-26-21(16-10-4-2-5-11-16,17-12-6-3-7-13-17)20(23)27-19-15-9-8-14-18(19)22(24)25/h2-15H,1H3. The minimum atomic E-state index is -1.56. The fourth-order valence-corrected chi connectivity index (χ4v) is 2.93. The SMILES string of the molecule is COC(C(=O)Oc1ccccc1[N+](=O)[O-])(c1ccccc1)c1ccccc1.